The maximum Gasteiger partial charge on any atom is 0.222 e. The first-order chi connectivity index (χ1) is 14.1. The molecule has 0 unspecified atom stereocenters. The van der Waals surface area contributed by atoms with Gasteiger partial charge >= 0.3 is 0 Å². The van der Waals surface area contributed by atoms with Crippen LogP contribution in [0.3, 0.4) is 0 Å². The van der Waals surface area contributed by atoms with Crippen LogP contribution in [0.4, 0.5) is 16.2 Å². The van der Waals surface area contributed by atoms with E-state index in [1.807, 2.05) is 28.8 Å². The molecule has 144 valence electrons. The SMILES string of the molecule is Cc1c(F)ccc2nc(CCNc3nc(N)ncc3C#N)n(-c3ccccn3)c12. The Balaban J connectivity index is 1.70. The zero-order valence-corrected chi connectivity index (χ0v) is 15.6. The van der Waals surface area contributed by atoms with Crippen molar-refractivity contribution in [2.75, 3.05) is 17.6 Å². The number of imidazole rings is 1. The zero-order chi connectivity index (χ0) is 20.4. The molecule has 0 aliphatic rings. The molecule has 0 amide bonds. The average Bonchev–Trinajstić information content (AvgIpc) is 3.11. The van der Waals surface area contributed by atoms with Crippen molar-refractivity contribution in [2.45, 2.75) is 13.3 Å². The first-order valence-electron chi connectivity index (χ1n) is 8.93. The molecule has 0 bridgehead atoms. The van der Waals surface area contributed by atoms with Crippen LogP contribution >= 0.6 is 0 Å². The summed E-state index contributed by atoms with van der Waals surface area (Å²) in [6, 6.07) is 10.6. The molecular weight excluding hydrogens is 371 g/mol. The highest BCUT2D eigenvalue weighted by Crippen LogP contribution is 2.25. The van der Waals surface area contributed by atoms with Crippen LogP contribution in [0.1, 0.15) is 17.0 Å². The highest BCUT2D eigenvalue weighted by Gasteiger charge is 2.17. The number of halogens is 1. The summed E-state index contributed by atoms with van der Waals surface area (Å²) in [5.74, 6) is 1.51. The minimum absolute atomic E-state index is 0.0818. The number of nitriles is 1. The monoisotopic (exact) mass is 388 g/mol. The number of pyridine rings is 1. The number of fused-ring (bicyclic) bond motifs is 1. The molecule has 29 heavy (non-hydrogen) atoms. The second kappa shape index (κ2) is 7.52. The summed E-state index contributed by atoms with van der Waals surface area (Å²) in [7, 11) is 0. The molecule has 0 radical (unpaired) electrons. The molecule has 0 aliphatic carbocycles. The Bertz CT molecular complexity index is 1230. The van der Waals surface area contributed by atoms with Gasteiger partial charge in [-0.05, 0) is 31.2 Å². The maximum absolute atomic E-state index is 14.2. The van der Waals surface area contributed by atoms with Crippen LogP contribution in [0, 0.1) is 24.1 Å². The number of hydrogen-bond donors (Lipinski definition) is 2. The fourth-order valence-electron chi connectivity index (χ4n) is 3.16. The van der Waals surface area contributed by atoms with Crippen molar-refractivity contribution >= 4 is 22.8 Å². The fraction of sp³-hybridized carbons (Fsp3) is 0.150. The fourth-order valence-corrected chi connectivity index (χ4v) is 3.16. The van der Waals surface area contributed by atoms with E-state index >= 15 is 0 Å². The predicted molar refractivity (Wildman–Crippen MR) is 107 cm³/mol. The van der Waals surface area contributed by atoms with Crippen LogP contribution in [-0.2, 0) is 6.42 Å². The summed E-state index contributed by atoms with van der Waals surface area (Å²) in [5.41, 5.74) is 7.80. The summed E-state index contributed by atoms with van der Waals surface area (Å²) in [4.78, 5) is 17.0. The number of nitrogen functional groups attached to an aromatic ring is 1. The second-order valence-electron chi connectivity index (χ2n) is 6.37. The number of aromatic nitrogens is 5. The van der Waals surface area contributed by atoms with Gasteiger partial charge in [0.15, 0.2) is 0 Å². The van der Waals surface area contributed by atoms with Gasteiger partial charge in [0.05, 0.1) is 17.2 Å². The molecule has 0 spiro atoms. The van der Waals surface area contributed by atoms with Gasteiger partial charge in [0.2, 0.25) is 5.95 Å². The lowest BCUT2D eigenvalue weighted by molar-refractivity contribution is 0.620. The van der Waals surface area contributed by atoms with E-state index < -0.39 is 0 Å². The van der Waals surface area contributed by atoms with Crippen molar-refractivity contribution in [3.05, 3.63) is 65.5 Å². The van der Waals surface area contributed by atoms with E-state index in [4.69, 9.17) is 5.73 Å². The summed E-state index contributed by atoms with van der Waals surface area (Å²) in [6.07, 6.45) is 3.54. The van der Waals surface area contributed by atoms with Gasteiger partial charge in [-0.15, -0.1) is 0 Å². The van der Waals surface area contributed by atoms with Gasteiger partial charge < -0.3 is 11.1 Å². The number of nitrogens with two attached hydrogens (primary N) is 1. The van der Waals surface area contributed by atoms with Gasteiger partial charge in [0, 0.05) is 24.7 Å². The molecule has 4 rings (SSSR count). The van der Waals surface area contributed by atoms with Crippen LogP contribution in [0.5, 0.6) is 0 Å². The Morgan fingerprint density at radius 2 is 2.07 bits per heavy atom. The van der Waals surface area contributed by atoms with E-state index in [2.05, 4.69) is 25.3 Å². The van der Waals surface area contributed by atoms with Crippen molar-refractivity contribution in [3.63, 3.8) is 0 Å². The summed E-state index contributed by atoms with van der Waals surface area (Å²) >= 11 is 0. The van der Waals surface area contributed by atoms with Gasteiger partial charge in [-0.3, -0.25) is 4.57 Å². The van der Waals surface area contributed by atoms with Gasteiger partial charge in [-0.1, -0.05) is 6.07 Å². The highest BCUT2D eigenvalue weighted by molar-refractivity contribution is 5.81. The van der Waals surface area contributed by atoms with Crippen molar-refractivity contribution in [3.8, 4) is 11.9 Å². The number of anilines is 2. The third kappa shape index (κ3) is 3.43. The van der Waals surface area contributed by atoms with Crippen LogP contribution in [-0.4, -0.2) is 31.0 Å². The average molecular weight is 388 g/mol. The largest absolute Gasteiger partial charge is 0.368 e. The minimum Gasteiger partial charge on any atom is -0.368 e. The molecule has 1 aromatic carbocycles. The molecule has 0 saturated carbocycles. The summed E-state index contributed by atoms with van der Waals surface area (Å²) in [6.45, 7) is 2.16. The quantitative estimate of drug-likeness (QED) is 0.539. The Morgan fingerprint density at radius 3 is 2.83 bits per heavy atom. The topological polar surface area (TPSA) is 118 Å². The zero-order valence-electron chi connectivity index (χ0n) is 15.6. The standard InChI is InChI=1S/C20H17FN8/c1-12-14(21)5-6-15-18(12)29(16-4-2-3-8-24-16)17(27-15)7-9-25-19-13(10-22)11-26-20(23)28-19/h2-6,8,11H,7,9H2,1H3,(H3,23,25,26,28). The van der Waals surface area contributed by atoms with E-state index in [-0.39, 0.29) is 11.8 Å². The van der Waals surface area contributed by atoms with Crippen molar-refractivity contribution in [1.82, 2.24) is 24.5 Å². The van der Waals surface area contributed by atoms with Crippen LogP contribution < -0.4 is 11.1 Å². The molecule has 3 N–H and O–H groups in total. The van der Waals surface area contributed by atoms with Gasteiger partial charge in [0.25, 0.3) is 0 Å². The first-order valence-corrected chi connectivity index (χ1v) is 8.93. The van der Waals surface area contributed by atoms with Gasteiger partial charge in [-0.25, -0.2) is 19.3 Å². The first kappa shape index (κ1) is 18.3. The molecule has 0 atom stereocenters. The number of aryl methyl sites for hydroxylation is 1. The van der Waals surface area contributed by atoms with Crippen LogP contribution in [0.25, 0.3) is 16.9 Å². The Kier molecular flexibility index (Phi) is 4.75. The molecule has 8 nitrogen and oxygen atoms in total. The molecule has 4 aromatic rings. The van der Waals surface area contributed by atoms with Gasteiger partial charge in [0.1, 0.15) is 34.9 Å². The van der Waals surface area contributed by atoms with Crippen LogP contribution in [0.2, 0.25) is 0 Å². The lowest BCUT2D eigenvalue weighted by Crippen LogP contribution is -2.13. The van der Waals surface area contributed by atoms with Crippen LogP contribution in [0.15, 0.2) is 42.7 Å². The number of hydrogen-bond acceptors (Lipinski definition) is 7. The van der Waals surface area contributed by atoms with Crippen molar-refractivity contribution in [1.29, 1.82) is 5.26 Å². The summed E-state index contributed by atoms with van der Waals surface area (Å²) < 4.78 is 16.1. The number of benzene rings is 1. The Morgan fingerprint density at radius 1 is 1.21 bits per heavy atom. The molecular formula is C20H17FN8. The third-order valence-electron chi connectivity index (χ3n) is 4.52. The molecule has 3 aromatic heterocycles. The second-order valence-corrected chi connectivity index (χ2v) is 6.37. The molecule has 0 aliphatic heterocycles. The molecule has 3 heterocycles. The Labute approximate surface area is 165 Å². The Hall–Kier alpha value is -4.06. The minimum atomic E-state index is -0.297. The number of rotatable bonds is 5. The van der Waals surface area contributed by atoms with Crippen molar-refractivity contribution < 1.29 is 4.39 Å². The molecule has 0 fully saturated rings. The number of nitrogens with one attached hydrogen (secondary N) is 1. The molecule has 9 heteroatoms. The van der Waals surface area contributed by atoms with E-state index in [0.29, 0.717) is 52.6 Å². The highest BCUT2D eigenvalue weighted by atomic mass is 19.1. The lowest BCUT2D eigenvalue weighted by Gasteiger charge is -2.11. The van der Waals surface area contributed by atoms with Crippen molar-refractivity contribution in [2.24, 2.45) is 0 Å². The third-order valence-corrected chi connectivity index (χ3v) is 4.52. The van der Waals surface area contributed by atoms with E-state index in [1.165, 1.54) is 12.3 Å². The summed E-state index contributed by atoms with van der Waals surface area (Å²) in [5, 5.41) is 12.3. The van der Waals surface area contributed by atoms with E-state index in [1.54, 1.807) is 19.2 Å². The smallest absolute Gasteiger partial charge is 0.222 e. The molecule has 0 saturated heterocycles. The predicted octanol–water partition coefficient (Wildman–Crippen LogP) is 2.77. The van der Waals surface area contributed by atoms with E-state index in [9.17, 15) is 9.65 Å². The lowest BCUT2D eigenvalue weighted by atomic mass is 10.2. The van der Waals surface area contributed by atoms with E-state index in [0.717, 1.165) is 0 Å². The normalized spacial score (nSPS) is 10.8. The number of nitrogens with zero attached hydrogens (tertiary/aromatic N) is 6. The van der Waals surface area contributed by atoms with Gasteiger partial charge in [-0.2, -0.15) is 10.2 Å². The maximum atomic E-state index is 14.2.